The van der Waals surface area contributed by atoms with Crippen LogP contribution in [0.4, 0.5) is 0 Å². The lowest BCUT2D eigenvalue weighted by Crippen LogP contribution is -2.04. The number of ether oxygens (including phenoxy) is 1. The molecule has 0 N–H and O–H groups in total. The number of rotatable bonds is 3. The van der Waals surface area contributed by atoms with Crippen molar-refractivity contribution < 1.29 is 13.7 Å². The number of methoxy groups -OCH3 is 1. The van der Waals surface area contributed by atoms with Crippen molar-refractivity contribution in [3.05, 3.63) is 53.9 Å². The monoisotopic (exact) mass is 328 g/mol. The molecule has 0 aliphatic carbocycles. The van der Waals surface area contributed by atoms with Gasteiger partial charge in [-0.25, -0.2) is 4.21 Å². The third-order valence-electron chi connectivity index (χ3n) is 3.01. The molecule has 6 heteroatoms. The molecule has 0 fully saturated rings. The Bertz CT molecular complexity index is 899. The van der Waals surface area contributed by atoms with Gasteiger partial charge in [-0.3, -0.25) is 9.78 Å². The van der Waals surface area contributed by atoms with E-state index in [4.69, 9.17) is 4.74 Å². The highest BCUT2D eigenvalue weighted by atomic mass is 32.2. The molecule has 1 unspecified atom stereocenters. The Balaban J connectivity index is 2.37. The van der Waals surface area contributed by atoms with Gasteiger partial charge in [-0.05, 0) is 37.3 Å². The zero-order valence-corrected chi connectivity index (χ0v) is 13.9. The summed E-state index contributed by atoms with van der Waals surface area (Å²) in [4.78, 5) is 16.7. The van der Waals surface area contributed by atoms with Gasteiger partial charge in [0.25, 0.3) is 5.91 Å². The van der Waals surface area contributed by atoms with Gasteiger partial charge in [0.2, 0.25) is 0 Å². The highest BCUT2D eigenvalue weighted by Gasteiger charge is 2.12. The van der Waals surface area contributed by atoms with Crippen LogP contribution in [0.15, 0.2) is 52.0 Å². The predicted molar refractivity (Wildman–Crippen MR) is 88.9 cm³/mol. The summed E-state index contributed by atoms with van der Waals surface area (Å²) in [6.45, 7) is 1.70. The standard InChI is InChI=1S/C17H16N2O3S/c1-4-5-13-10-14(12-18-11-13)17(20)19-23(3,21)16-8-6-15(22-2)7-9-16/h6-12H,1-3H3. The van der Waals surface area contributed by atoms with Crippen molar-refractivity contribution in [2.24, 2.45) is 4.36 Å². The molecule has 2 rings (SSSR count). The zero-order chi connectivity index (χ0) is 16.9. The Hall–Kier alpha value is -2.65. The number of hydrogen-bond acceptors (Lipinski definition) is 4. The minimum atomic E-state index is -2.85. The van der Waals surface area contributed by atoms with E-state index >= 15 is 0 Å². The Labute approximate surface area is 135 Å². The first-order valence-electron chi connectivity index (χ1n) is 6.74. The predicted octanol–water partition coefficient (Wildman–Crippen LogP) is 2.76. The summed E-state index contributed by atoms with van der Waals surface area (Å²) < 4.78 is 21.6. The Kier molecular flexibility index (Phi) is 5.14. The van der Waals surface area contributed by atoms with E-state index in [0.29, 0.717) is 16.2 Å². The van der Waals surface area contributed by atoms with E-state index in [1.807, 2.05) is 0 Å². The Morgan fingerprint density at radius 2 is 1.96 bits per heavy atom. The van der Waals surface area contributed by atoms with Gasteiger partial charge < -0.3 is 4.74 Å². The minimum Gasteiger partial charge on any atom is -0.497 e. The second kappa shape index (κ2) is 7.07. The second-order valence-electron chi connectivity index (χ2n) is 4.71. The zero-order valence-electron chi connectivity index (χ0n) is 13.1. The van der Waals surface area contributed by atoms with E-state index in [9.17, 15) is 9.00 Å². The van der Waals surface area contributed by atoms with Gasteiger partial charge in [-0.1, -0.05) is 5.92 Å². The fourth-order valence-corrected chi connectivity index (χ4v) is 3.03. The molecule has 23 heavy (non-hydrogen) atoms. The number of hydrogen-bond donors (Lipinski definition) is 0. The van der Waals surface area contributed by atoms with Crippen LogP contribution in [-0.2, 0) is 9.73 Å². The van der Waals surface area contributed by atoms with Gasteiger partial charge >= 0.3 is 0 Å². The van der Waals surface area contributed by atoms with Crippen LogP contribution in [0, 0.1) is 11.8 Å². The van der Waals surface area contributed by atoms with Crippen molar-refractivity contribution in [3.63, 3.8) is 0 Å². The number of nitrogens with zero attached hydrogens (tertiary/aromatic N) is 2. The largest absolute Gasteiger partial charge is 0.497 e. The molecule has 0 spiro atoms. The second-order valence-corrected chi connectivity index (χ2v) is 6.97. The molecule has 0 saturated carbocycles. The van der Waals surface area contributed by atoms with E-state index in [2.05, 4.69) is 21.2 Å². The van der Waals surface area contributed by atoms with Crippen molar-refractivity contribution in [3.8, 4) is 17.6 Å². The third kappa shape index (κ3) is 4.18. The molecule has 0 bridgehead atoms. The molecule has 118 valence electrons. The van der Waals surface area contributed by atoms with Gasteiger partial charge in [0.05, 0.1) is 22.4 Å². The lowest BCUT2D eigenvalue weighted by molar-refractivity contribution is 0.100. The molecule has 1 atom stereocenters. The van der Waals surface area contributed by atoms with Crippen LogP contribution in [0.1, 0.15) is 22.8 Å². The first kappa shape index (κ1) is 16.7. The van der Waals surface area contributed by atoms with Crippen molar-refractivity contribution in [1.82, 2.24) is 4.98 Å². The molecule has 1 aromatic carbocycles. The average molecular weight is 328 g/mol. The summed E-state index contributed by atoms with van der Waals surface area (Å²) in [6.07, 6.45) is 4.37. The molecular weight excluding hydrogens is 312 g/mol. The van der Waals surface area contributed by atoms with Crippen LogP contribution < -0.4 is 4.74 Å². The molecule has 1 amide bonds. The highest BCUT2D eigenvalue weighted by molar-refractivity contribution is 7.93. The number of amides is 1. The average Bonchev–Trinajstić information content (AvgIpc) is 2.55. The molecule has 0 saturated heterocycles. The molecule has 0 radical (unpaired) electrons. The summed E-state index contributed by atoms with van der Waals surface area (Å²) in [6, 6.07) is 8.21. The molecule has 5 nitrogen and oxygen atoms in total. The number of benzene rings is 1. The van der Waals surface area contributed by atoms with Crippen molar-refractivity contribution >= 4 is 15.6 Å². The van der Waals surface area contributed by atoms with Crippen LogP contribution in [0.25, 0.3) is 0 Å². The summed E-state index contributed by atoms with van der Waals surface area (Å²) >= 11 is 0. The molecule has 1 aromatic heterocycles. The lowest BCUT2D eigenvalue weighted by atomic mass is 10.2. The first-order valence-corrected chi connectivity index (χ1v) is 8.67. The molecule has 2 aromatic rings. The topological polar surface area (TPSA) is 68.6 Å². The quantitative estimate of drug-likeness (QED) is 0.813. The SMILES string of the molecule is CC#Cc1cncc(C(=O)N=S(C)(=O)c2ccc(OC)cc2)c1. The van der Waals surface area contributed by atoms with E-state index < -0.39 is 15.6 Å². The molecule has 0 aliphatic heterocycles. The van der Waals surface area contributed by atoms with Gasteiger partial charge in [-0.2, -0.15) is 4.36 Å². The van der Waals surface area contributed by atoms with Gasteiger partial charge in [-0.15, -0.1) is 5.92 Å². The lowest BCUT2D eigenvalue weighted by Gasteiger charge is -2.05. The Morgan fingerprint density at radius 1 is 1.26 bits per heavy atom. The normalized spacial score (nSPS) is 12.5. The first-order chi connectivity index (χ1) is 11.0. The van der Waals surface area contributed by atoms with Crippen molar-refractivity contribution in [2.75, 3.05) is 13.4 Å². The molecule has 1 heterocycles. The number of carbonyl (C=O) groups is 1. The van der Waals surface area contributed by atoms with Crippen LogP contribution in [0.2, 0.25) is 0 Å². The fraction of sp³-hybridized carbons (Fsp3) is 0.176. The van der Waals surface area contributed by atoms with Crippen LogP contribution >= 0.6 is 0 Å². The smallest absolute Gasteiger partial charge is 0.286 e. The van der Waals surface area contributed by atoms with E-state index in [0.717, 1.165) is 0 Å². The minimum absolute atomic E-state index is 0.258. The third-order valence-corrected chi connectivity index (χ3v) is 4.67. The molecular formula is C17H16N2O3S. The van der Waals surface area contributed by atoms with Crippen LogP contribution in [0.3, 0.4) is 0 Å². The van der Waals surface area contributed by atoms with Gasteiger partial charge in [0.1, 0.15) is 5.75 Å². The number of pyridine rings is 1. The summed E-state index contributed by atoms with van der Waals surface area (Å²) in [5.74, 6) is 5.61. The van der Waals surface area contributed by atoms with Crippen molar-refractivity contribution in [1.29, 1.82) is 0 Å². The van der Waals surface area contributed by atoms with Gasteiger partial charge in [0, 0.05) is 29.1 Å². The molecule has 0 aliphatic rings. The van der Waals surface area contributed by atoms with E-state index in [1.54, 1.807) is 50.6 Å². The van der Waals surface area contributed by atoms with E-state index in [-0.39, 0.29) is 5.56 Å². The summed E-state index contributed by atoms with van der Waals surface area (Å²) in [7, 11) is -1.30. The van der Waals surface area contributed by atoms with E-state index in [1.165, 1.54) is 12.5 Å². The summed E-state index contributed by atoms with van der Waals surface area (Å²) in [5, 5.41) is 0. The van der Waals surface area contributed by atoms with Crippen molar-refractivity contribution in [2.45, 2.75) is 11.8 Å². The maximum absolute atomic E-state index is 12.7. The highest BCUT2D eigenvalue weighted by Crippen LogP contribution is 2.18. The maximum Gasteiger partial charge on any atom is 0.286 e. The number of aromatic nitrogens is 1. The van der Waals surface area contributed by atoms with Gasteiger partial charge in [0.15, 0.2) is 0 Å². The summed E-state index contributed by atoms with van der Waals surface area (Å²) in [5.41, 5.74) is 0.869. The Morgan fingerprint density at radius 3 is 2.57 bits per heavy atom. The maximum atomic E-state index is 12.7. The van der Waals surface area contributed by atoms with Crippen LogP contribution in [-0.4, -0.2) is 28.5 Å². The fourth-order valence-electron chi connectivity index (χ4n) is 1.86. The van der Waals surface area contributed by atoms with Crippen LogP contribution in [0.5, 0.6) is 5.75 Å². The number of carbonyl (C=O) groups excluding carboxylic acids is 1.